The second kappa shape index (κ2) is 20.5. The standard InChI is InChI=1S/C26H25F3N4OS.C26H24F3N3O2S/c1-3-18(30)7-4-6-17-8-10-19(11-9-17)33-24(35)32(23(34)25(33)14-5-15-25)20-12-13-22(31-2)21(16-20)26(27,28)29;1-3-20(33)7-4-6-17-8-10-18(11-9-17)32-24(35)31(23(34)25(32)14-5-15-25)19-12-13-22(30-2)21(16-19)26(27,28)29/h8-13,16,30H,3-7,14-15H2,1H3;8-13,16H,3-7,14-15H2,1H3. The van der Waals surface area contributed by atoms with E-state index in [1.54, 1.807) is 9.80 Å². The quantitative estimate of drug-likeness (QED) is 0.0582. The first-order valence-corrected chi connectivity index (χ1v) is 23.9. The fourth-order valence-corrected chi connectivity index (χ4v) is 10.3. The Balaban J connectivity index is 0.000000206. The summed E-state index contributed by atoms with van der Waals surface area (Å²) in [7, 11) is 0. The third-order valence-corrected chi connectivity index (χ3v) is 14.3. The van der Waals surface area contributed by atoms with Gasteiger partial charge in [-0.1, -0.05) is 50.2 Å². The van der Waals surface area contributed by atoms with Gasteiger partial charge < -0.3 is 15.2 Å². The van der Waals surface area contributed by atoms with Gasteiger partial charge in [-0.2, -0.15) is 26.3 Å². The van der Waals surface area contributed by atoms with Crippen molar-refractivity contribution < 1.29 is 40.7 Å². The lowest BCUT2D eigenvalue weighted by Gasteiger charge is -2.43. The zero-order valence-electron chi connectivity index (χ0n) is 38.5. The lowest BCUT2D eigenvalue weighted by molar-refractivity contribution is -0.137. The number of nitrogens with one attached hydrogen (secondary N) is 1. The molecular weight excluding hydrogens is 949 g/mol. The Morgan fingerprint density at radius 1 is 0.614 bits per heavy atom. The van der Waals surface area contributed by atoms with Crippen LogP contribution in [0.4, 0.5) is 60.5 Å². The SMILES string of the molecule is [C-]#[N+]c1ccc(N2C(=O)C3(CCC3)N(c3ccc(CCCC(=N)CC)cc3)C2=S)cc1C(F)(F)F.[C-]#[N+]c1ccc(N2C(=O)C3(CCC3)N(c3ccc(CCCC(=O)CC)cc3)C2=S)cc1C(F)(F)F. The molecule has 2 aliphatic heterocycles. The average Bonchev–Trinajstić information content (AvgIpc) is 3.70. The highest BCUT2D eigenvalue weighted by Gasteiger charge is 2.61. The van der Waals surface area contributed by atoms with Crippen molar-refractivity contribution in [2.45, 2.75) is 127 Å². The molecule has 0 atom stereocenters. The number of halogens is 6. The zero-order chi connectivity index (χ0) is 50.8. The van der Waals surface area contributed by atoms with Crippen molar-refractivity contribution in [2.24, 2.45) is 0 Å². The number of aryl methyl sites for hydroxylation is 2. The van der Waals surface area contributed by atoms with Gasteiger partial charge in [0.25, 0.3) is 11.8 Å². The highest BCUT2D eigenvalue weighted by molar-refractivity contribution is 7.81. The maximum Gasteiger partial charge on any atom is 0.407 e. The number of amides is 2. The summed E-state index contributed by atoms with van der Waals surface area (Å²) in [6.45, 7) is 17.9. The fourth-order valence-electron chi connectivity index (χ4n) is 9.36. The summed E-state index contributed by atoms with van der Waals surface area (Å²) in [5, 5.41) is 8.05. The molecule has 2 saturated carbocycles. The van der Waals surface area contributed by atoms with E-state index in [4.69, 9.17) is 43.0 Å². The van der Waals surface area contributed by atoms with Crippen LogP contribution in [0.5, 0.6) is 0 Å². The van der Waals surface area contributed by atoms with Crippen LogP contribution < -0.4 is 19.6 Å². The molecule has 10 nitrogen and oxygen atoms in total. The summed E-state index contributed by atoms with van der Waals surface area (Å²) in [4.78, 5) is 50.5. The van der Waals surface area contributed by atoms with E-state index < -0.39 is 45.9 Å². The van der Waals surface area contributed by atoms with Gasteiger partial charge in [0.05, 0.1) is 24.3 Å². The number of rotatable bonds is 14. The lowest BCUT2D eigenvalue weighted by atomic mass is 9.75. The van der Waals surface area contributed by atoms with Gasteiger partial charge in [0.1, 0.15) is 16.9 Å². The molecule has 0 unspecified atom stereocenters. The van der Waals surface area contributed by atoms with Gasteiger partial charge in [0, 0.05) is 41.3 Å². The Labute approximate surface area is 413 Å². The Bertz CT molecular complexity index is 2620. The van der Waals surface area contributed by atoms with Crippen LogP contribution >= 0.6 is 24.4 Å². The van der Waals surface area contributed by atoms with Crippen LogP contribution in [0.2, 0.25) is 0 Å². The number of nitrogens with zero attached hydrogens (tertiary/aromatic N) is 6. The number of carbonyl (C=O) groups excluding carboxylic acids is 3. The predicted octanol–water partition coefficient (Wildman–Crippen LogP) is 13.7. The predicted molar refractivity (Wildman–Crippen MR) is 266 cm³/mol. The molecule has 2 heterocycles. The second-order valence-electron chi connectivity index (χ2n) is 17.8. The number of Topliss-reactive ketones (excluding diaryl/α,β-unsaturated/α-hetero) is 1. The highest BCUT2D eigenvalue weighted by Crippen LogP contribution is 2.51. The summed E-state index contributed by atoms with van der Waals surface area (Å²) in [6.07, 6.45) is 0.210. The number of alkyl halides is 6. The molecule has 18 heteroatoms. The first-order chi connectivity index (χ1) is 33.2. The third-order valence-electron chi connectivity index (χ3n) is 13.6. The van der Waals surface area contributed by atoms with Crippen molar-refractivity contribution >= 4 is 92.1 Å². The van der Waals surface area contributed by atoms with Crippen LogP contribution in [0.1, 0.15) is 113 Å². The van der Waals surface area contributed by atoms with E-state index in [1.165, 1.54) is 21.9 Å². The van der Waals surface area contributed by atoms with Crippen molar-refractivity contribution in [2.75, 3.05) is 19.6 Å². The smallest absolute Gasteiger partial charge is 0.310 e. The lowest BCUT2D eigenvalue weighted by Crippen LogP contribution is -2.55. The average molecular weight is 998 g/mol. The van der Waals surface area contributed by atoms with Gasteiger partial charge in [-0.3, -0.25) is 24.2 Å². The number of ketones is 1. The summed E-state index contributed by atoms with van der Waals surface area (Å²) < 4.78 is 81.3. The summed E-state index contributed by atoms with van der Waals surface area (Å²) in [6, 6.07) is 21.8. The largest absolute Gasteiger partial charge is 0.407 e. The van der Waals surface area contributed by atoms with Crippen molar-refractivity contribution in [3.05, 3.63) is 130 Å². The van der Waals surface area contributed by atoms with Gasteiger partial charge >= 0.3 is 12.4 Å². The van der Waals surface area contributed by atoms with Crippen LogP contribution in [0, 0.1) is 18.6 Å². The number of anilines is 4. The maximum atomic E-state index is 13.6. The third kappa shape index (κ3) is 9.81. The molecule has 4 fully saturated rings. The fraction of sp³-hybridized carbons (Fsp3) is 0.385. The molecule has 2 aliphatic carbocycles. The van der Waals surface area contributed by atoms with Crippen molar-refractivity contribution in [1.29, 1.82) is 5.41 Å². The van der Waals surface area contributed by atoms with Crippen molar-refractivity contribution in [1.82, 2.24) is 0 Å². The molecule has 1 N–H and O–H groups in total. The van der Waals surface area contributed by atoms with E-state index in [0.29, 0.717) is 44.2 Å². The van der Waals surface area contributed by atoms with Gasteiger partial charge in [-0.15, -0.1) is 0 Å². The summed E-state index contributed by atoms with van der Waals surface area (Å²) >= 11 is 11.3. The van der Waals surface area contributed by atoms with Crippen LogP contribution in [0.3, 0.4) is 0 Å². The summed E-state index contributed by atoms with van der Waals surface area (Å²) in [5.41, 5.74) is -0.677. The second-order valence-corrected chi connectivity index (χ2v) is 18.5. The van der Waals surface area contributed by atoms with E-state index in [-0.39, 0.29) is 39.2 Å². The minimum Gasteiger partial charge on any atom is -0.310 e. The molecule has 8 rings (SSSR count). The number of benzene rings is 4. The number of hydrogen-bond acceptors (Lipinski definition) is 6. The zero-order valence-corrected chi connectivity index (χ0v) is 40.1. The van der Waals surface area contributed by atoms with Crippen LogP contribution in [-0.4, -0.2) is 44.6 Å². The van der Waals surface area contributed by atoms with Gasteiger partial charge in [0.2, 0.25) is 0 Å². The Morgan fingerprint density at radius 2 is 0.986 bits per heavy atom. The minimum absolute atomic E-state index is 0.00529. The first kappa shape index (κ1) is 51.4. The van der Waals surface area contributed by atoms with E-state index in [9.17, 15) is 40.7 Å². The number of thiocarbonyl (C=S) groups is 2. The molecule has 0 aromatic heterocycles. The maximum absolute atomic E-state index is 13.6. The molecule has 2 saturated heterocycles. The minimum atomic E-state index is -4.73. The molecular formula is C52H49F6N7O3S2. The Kier molecular flexibility index (Phi) is 15.0. The van der Waals surface area contributed by atoms with E-state index in [0.717, 1.165) is 98.2 Å². The Hall–Kier alpha value is -6.50. The highest BCUT2D eigenvalue weighted by atomic mass is 32.1. The molecule has 4 aromatic carbocycles. The molecule has 4 aromatic rings. The molecule has 4 aliphatic rings. The van der Waals surface area contributed by atoms with Crippen LogP contribution in [-0.2, 0) is 39.6 Å². The van der Waals surface area contributed by atoms with E-state index in [2.05, 4.69) is 9.69 Å². The Morgan fingerprint density at radius 3 is 1.30 bits per heavy atom. The van der Waals surface area contributed by atoms with Crippen molar-refractivity contribution in [3.63, 3.8) is 0 Å². The normalized spacial score (nSPS) is 17.0. The summed E-state index contributed by atoms with van der Waals surface area (Å²) in [5.74, 6) is -0.452. The van der Waals surface area contributed by atoms with Gasteiger partial charge in [-0.25, -0.2) is 9.69 Å². The van der Waals surface area contributed by atoms with Gasteiger partial charge in [0.15, 0.2) is 21.6 Å². The monoisotopic (exact) mass is 997 g/mol. The molecule has 364 valence electrons. The molecule has 70 heavy (non-hydrogen) atoms. The van der Waals surface area contributed by atoms with Crippen LogP contribution in [0.25, 0.3) is 9.69 Å². The van der Waals surface area contributed by atoms with E-state index in [1.807, 2.05) is 62.4 Å². The molecule has 0 radical (unpaired) electrons. The van der Waals surface area contributed by atoms with Crippen molar-refractivity contribution in [3.8, 4) is 0 Å². The topological polar surface area (TPSA) is 96.7 Å². The van der Waals surface area contributed by atoms with E-state index >= 15 is 0 Å². The number of hydrogen-bond donors (Lipinski definition) is 1. The van der Waals surface area contributed by atoms with Crippen LogP contribution in [0.15, 0.2) is 84.9 Å². The molecule has 2 spiro atoms. The molecule has 0 bridgehead atoms. The molecule has 2 amide bonds. The number of carbonyl (C=O) groups is 3. The first-order valence-electron chi connectivity index (χ1n) is 23.1. The van der Waals surface area contributed by atoms with Gasteiger partial charge in [-0.05, 0) is 161 Å².